The summed E-state index contributed by atoms with van der Waals surface area (Å²) in [5, 5.41) is 16.6. The van der Waals surface area contributed by atoms with Gasteiger partial charge in [0.1, 0.15) is 12.1 Å². The van der Waals surface area contributed by atoms with Crippen molar-refractivity contribution in [2.45, 2.75) is 24.9 Å². The highest BCUT2D eigenvalue weighted by Gasteiger charge is 2.16. The van der Waals surface area contributed by atoms with Crippen molar-refractivity contribution in [3.63, 3.8) is 0 Å². The quantitative estimate of drug-likeness (QED) is 0.407. The van der Waals surface area contributed by atoms with E-state index in [4.69, 9.17) is 21.7 Å². The topological polar surface area (TPSA) is 127 Å². The molecule has 0 amide bonds. The Morgan fingerprint density at radius 3 is 1.42 bits per heavy atom. The fraction of sp³-hybridized carbons (Fsp3) is 0.667. The van der Waals surface area contributed by atoms with Crippen molar-refractivity contribution in [2.24, 2.45) is 11.5 Å². The van der Waals surface area contributed by atoms with Crippen molar-refractivity contribution < 1.29 is 19.8 Å². The number of nitrogens with two attached hydrogens (primary N) is 2. The Kier molecular flexibility index (Phi) is 4.24. The van der Waals surface area contributed by atoms with E-state index in [1.807, 2.05) is 0 Å². The highest BCUT2D eigenvalue weighted by atomic mass is 16.4. The zero-order valence-electron chi connectivity index (χ0n) is 6.43. The Morgan fingerprint density at radius 1 is 1.00 bits per heavy atom. The van der Waals surface area contributed by atoms with Crippen molar-refractivity contribution in [2.75, 3.05) is 0 Å². The van der Waals surface area contributed by atoms with E-state index in [9.17, 15) is 9.59 Å². The molecule has 0 aromatic carbocycles. The maximum atomic E-state index is 10.2. The summed E-state index contributed by atoms with van der Waals surface area (Å²) in [6, 6.07) is -2.06. The molecule has 0 aliphatic heterocycles. The predicted octanol–water partition coefficient (Wildman–Crippen LogP) is -1.41. The highest BCUT2D eigenvalue weighted by molar-refractivity contribution is 5.74. The second kappa shape index (κ2) is 4.68. The minimum atomic E-state index is -1.15. The molecule has 12 heavy (non-hydrogen) atoms. The van der Waals surface area contributed by atoms with Gasteiger partial charge in [-0.3, -0.25) is 9.59 Å². The molecule has 0 fully saturated rings. The predicted molar refractivity (Wildman–Crippen MR) is 40.5 cm³/mol. The van der Waals surface area contributed by atoms with Crippen LogP contribution in [0.2, 0.25) is 0 Å². The summed E-state index contributed by atoms with van der Waals surface area (Å²) in [7, 11) is 0. The third kappa shape index (κ3) is 3.89. The number of carbonyl (C=O) groups is 2. The minimum Gasteiger partial charge on any atom is -0.480 e. The van der Waals surface area contributed by atoms with Crippen LogP contribution in [0.25, 0.3) is 0 Å². The molecule has 0 aromatic heterocycles. The van der Waals surface area contributed by atoms with Crippen molar-refractivity contribution in [3.8, 4) is 0 Å². The molecule has 0 aromatic rings. The van der Waals surface area contributed by atoms with Gasteiger partial charge in [-0.15, -0.1) is 0 Å². The zero-order chi connectivity index (χ0) is 9.72. The molecule has 0 heterocycles. The van der Waals surface area contributed by atoms with E-state index in [0.29, 0.717) is 0 Å². The summed E-state index contributed by atoms with van der Waals surface area (Å²) in [5.41, 5.74) is 10.2. The van der Waals surface area contributed by atoms with Gasteiger partial charge >= 0.3 is 11.9 Å². The molecule has 0 saturated heterocycles. The molecular weight excluding hydrogens is 164 g/mol. The van der Waals surface area contributed by atoms with Crippen LogP contribution in [0.1, 0.15) is 12.8 Å². The third-order valence-electron chi connectivity index (χ3n) is 1.42. The van der Waals surface area contributed by atoms with Crippen LogP contribution in [0.5, 0.6) is 0 Å². The van der Waals surface area contributed by atoms with Crippen LogP contribution < -0.4 is 11.5 Å². The Labute approximate surface area is 69.2 Å². The zero-order valence-corrected chi connectivity index (χ0v) is 6.43. The lowest BCUT2D eigenvalue weighted by Gasteiger charge is -2.08. The van der Waals surface area contributed by atoms with E-state index >= 15 is 0 Å². The van der Waals surface area contributed by atoms with Crippen LogP contribution in [0, 0.1) is 0 Å². The summed E-state index contributed by atoms with van der Waals surface area (Å²) < 4.78 is 0. The van der Waals surface area contributed by atoms with Crippen molar-refractivity contribution in [1.82, 2.24) is 0 Å². The number of hydrogen-bond acceptors (Lipinski definition) is 4. The number of carboxylic acids is 2. The van der Waals surface area contributed by atoms with E-state index in [1.165, 1.54) is 0 Å². The van der Waals surface area contributed by atoms with Crippen LogP contribution in [0.15, 0.2) is 0 Å². The molecule has 0 bridgehead atoms. The molecule has 0 rings (SSSR count). The minimum absolute atomic E-state index is 0.0722. The number of hydrogen-bond donors (Lipinski definition) is 4. The first-order valence-electron chi connectivity index (χ1n) is 3.42. The van der Waals surface area contributed by atoms with Crippen LogP contribution in [-0.2, 0) is 9.59 Å². The summed E-state index contributed by atoms with van der Waals surface area (Å²) in [6.07, 6.45) is 0.144. The smallest absolute Gasteiger partial charge is 0.320 e. The maximum Gasteiger partial charge on any atom is 0.320 e. The van der Waals surface area contributed by atoms with Gasteiger partial charge in [-0.25, -0.2) is 0 Å². The van der Waals surface area contributed by atoms with E-state index in [-0.39, 0.29) is 12.8 Å². The normalized spacial score (nSPS) is 15.2. The maximum absolute atomic E-state index is 10.2. The molecule has 2 atom stereocenters. The van der Waals surface area contributed by atoms with Crippen LogP contribution in [-0.4, -0.2) is 34.2 Å². The van der Waals surface area contributed by atoms with E-state index < -0.39 is 24.0 Å². The Morgan fingerprint density at radius 2 is 1.25 bits per heavy atom. The van der Waals surface area contributed by atoms with Crippen molar-refractivity contribution >= 4 is 11.9 Å². The van der Waals surface area contributed by atoms with Gasteiger partial charge in [-0.1, -0.05) is 0 Å². The number of aliphatic carboxylic acids is 2. The van der Waals surface area contributed by atoms with E-state index in [2.05, 4.69) is 0 Å². The molecule has 0 aliphatic carbocycles. The first-order valence-corrected chi connectivity index (χ1v) is 3.42. The molecule has 0 saturated carbocycles. The highest BCUT2D eigenvalue weighted by Crippen LogP contribution is 1.98. The first kappa shape index (κ1) is 10.9. The average Bonchev–Trinajstić information content (AvgIpc) is 1.98. The first-order chi connectivity index (χ1) is 5.45. The lowest BCUT2D eigenvalue weighted by molar-refractivity contribution is -0.141. The van der Waals surface area contributed by atoms with Crippen molar-refractivity contribution in [3.05, 3.63) is 0 Å². The number of rotatable bonds is 5. The van der Waals surface area contributed by atoms with Gasteiger partial charge in [0.2, 0.25) is 0 Å². The average molecular weight is 176 g/mol. The van der Waals surface area contributed by atoms with Gasteiger partial charge in [-0.05, 0) is 12.8 Å². The van der Waals surface area contributed by atoms with Gasteiger partial charge in [0.15, 0.2) is 0 Å². The Balaban J connectivity index is 3.68. The summed E-state index contributed by atoms with van der Waals surface area (Å²) >= 11 is 0. The number of carboxylic acid groups (broad SMARTS) is 2. The van der Waals surface area contributed by atoms with E-state index in [0.717, 1.165) is 0 Å². The van der Waals surface area contributed by atoms with Crippen molar-refractivity contribution in [1.29, 1.82) is 0 Å². The van der Waals surface area contributed by atoms with Crippen LogP contribution in [0.3, 0.4) is 0 Å². The Bertz CT molecular complexity index is 162. The molecule has 6 heteroatoms. The molecule has 6 nitrogen and oxygen atoms in total. The van der Waals surface area contributed by atoms with Gasteiger partial charge in [0, 0.05) is 0 Å². The van der Waals surface area contributed by atoms with E-state index in [1.54, 1.807) is 0 Å². The fourth-order valence-corrected chi connectivity index (χ4v) is 0.606. The monoisotopic (exact) mass is 176 g/mol. The molecule has 0 spiro atoms. The van der Waals surface area contributed by atoms with Gasteiger partial charge < -0.3 is 21.7 Å². The Hall–Kier alpha value is -1.14. The van der Waals surface area contributed by atoms with Crippen LogP contribution >= 0.6 is 0 Å². The third-order valence-corrected chi connectivity index (χ3v) is 1.42. The lowest BCUT2D eigenvalue weighted by atomic mass is 10.1. The largest absolute Gasteiger partial charge is 0.480 e. The molecule has 1 unspecified atom stereocenters. The second-order valence-electron chi connectivity index (χ2n) is 2.47. The van der Waals surface area contributed by atoms with Gasteiger partial charge in [0.25, 0.3) is 0 Å². The molecule has 6 N–H and O–H groups in total. The summed E-state index contributed by atoms with van der Waals surface area (Å²) in [6.45, 7) is 0. The van der Waals surface area contributed by atoms with Gasteiger partial charge in [0.05, 0.1) is 0 Å². The fourth-order valence-electron chi connectivity index (χ4n) is 0.606. The van der Waals surface area contributed by atoms with Gasteiger partial charge in [-0.2, -0.15) is 0 Å². The SMILES string of the molecule is NC(CC[C@H](N)C(=O)O)C(=O)O. The standard InChI is InChI=1S/C6H12N2O4/c7-3(5(9)10)1-2-4(8)6(11)12/h3-4H,1-2,7-8H2,(H,9,10)(H,11,12)/t3-,4?/m0/s1. The second-order valence-corrected chi connectivity index (χ2v) is 2.47. The molecule has 0 aliphatic rings. The van der Waals surface area contributed by atoms with Crippen LogP contribution in [0.4, 0.5) is 0 Å². The lowest BCUT2D eigenvalue weighted by Crippen LogP contribution is -2.35. The molecule has 70 valence electrons. The summed E-state index contributed by atoms with van der Waals surface area (Å²) in [5.74, 6) is -2.29. The summed E-state index contributed by atoms with van der Waals surface area (Å²) in [4.78, 5) is 20.3. The molecular formula is C6H12N2O4. The molecule has 0 radical (unpaired) electrons.